The Hall–Kier alpha value is -3.34. The number of amides is 1. The van der Waals surface area contributed by atoms with Crippen LogP contribution in [0.15, 0.2) is 60.9 Å². The molecule has 0 spiro atoms. The number of methoxy groups -OCH3 is 1. The standard InChI is InChI=1S/C21H19N3O2/c1-24-13-15(17-7-3-4-8-19(17)24)11-20(25)23-18-12-16(26-2)10-14-6-5-9-22-21(14)18/h3-10,12-13H,11H2,1-2H3,(H,23,25). The molecule has 4 rings (SSSR count). The fraction of sp³-hybridized carbons (Fsp3) is 0.143. The number of aryl methyl sites for hydroxylation is 1. The minimum Gasteiger partial charge on any atom is -0.497 e. The molecule has 2 aromatic carbocycles. The van der Waals surface area contributed by atoms with E-state index in [0.29, 0.717) is 17.9 Å². The topological polar surface area (TPSA) is 56.1 Å². The fourth-order valence-electron chi connectivity index (χ4n) is 3.31. The number of hydrogen-bond acceptors (Lipinski definition) is 3. The van der Waals surface area contributed by atoms with E-state index >= 15 is 0 Å². The Labute approximate surface area is 151 Å². The zero-order valence-electron chi connectivity index (χ0n) is 14.7. The molecule has 0 fully saturated rings. The van der Waals surface area contributed by atoms with Crippen molar-refractivity contribution in [2.24, 2.45) is 7.05 Å². The van der Waals surface area contributed by atoms with Gasteiger partial charge < -0.3 is 14.6 Å². The summed E-state index contributed by atoms with van der Waals surface area (Å²) in [6, 6.07) is 15.6. The molecule has 4 aromatic rings. The lowest BCUT2D eigenvalue weighted by atomic mass is 10.1. The Kier molecular flexibility index (Phi) is 4.05. The summed E-state index contributed by atoms with van der Waals surface area (Å²) in [5.41, 5.74) is 3.52. The van der Waals surface area contributed by atoms with Crippen molar-refractivity contribution >= 4 is 33.4 Å². The van der Waals surface area contributed by atoms with Crippen LogP contribution < -0.4 is 10.1 Å². The maximum atomic E-state index is 12.7. The average Bonchev–Trinajstić information content (AvgIpc) is 2.97. The van der Waals surface area contributed by atoms with Crippen LogP contribution >= 0.6 is 0 Å². The zero-order chi connectivity index (χ0) is 18.1. The number of para-hydroxylation sites is 1. The highest BCUT2D eigenvalue weighted by Gasteiger charge is 2.13. The summed E-state index contributed by atoms with van der Waals surface area (Å²) in [6.45, 7) is 0. The molecule has 0 saturated carbocycles. The van der Waals surface area contributed by atoms with E-state index in [-0.39, 0.29) is 5.91 Å². The van der Waals surface area contributed by atoms with Gasteiger partial charge in [0.15, 0.2) is 0 Å². The third-order valence-electron chi connectivity index (χ3n) is 4.52. The molecule has 2 aromatic heterocycles. The van der Waals surface area contributed by atoms with Crippen LogP contribution in [0.4, 0.5) is 5.69 Å². The Morgan fingerprint density at radius 1 is 1.19 bits per heavy atom. The van der Waals surface area contributed by atoms with Gasteiger partial charge in [0.1, 0.15) is 5.75 Å². The first-order valence-corrected chi connectivity index (χ1v) is 8.41. The van der Waals surface area contributed by atoms with Crippen LogP contribution in [0.25, 0.3) is 21.8 Å². The van der Waals surface area contributed by atoms with Crippen LogP contribution in [0.3, 0.4) is 0 Å². The summed E-state index contributed by atoms with van der Waals surface area (Å²) in [7, 11) is 3.60. The summed E-state index contributed by atoms with van der Waals surface area (Å²) in [4.78, 5) is 17.1. The monoisotopic (exact) mass is 345 g/mol. The second-order valence-electron chi connectivity index (χ2n) is 6.26. The first kappa shape index (κ1) is 16.1. The first-order valence-electron chi connectivity index (χ1n) is 8.41. The quantitative estimate of drug-likeness (QED) is 0.610. The number of anilines is 1. The van der Waals surface area contributed by atoms with Crippen molar-refractivity contribution in [3.8, 4) is 5.75 Å². The molecule has 0 aliphatic heterocycles. The number of nitrogens with one attached hydrogen (secondary N) is 1. The van der Waals surface area contributed by atoms with Crippen molar-refractivity contribution in [3.63, 3.8) is 0 Å². The third-order valence-corrected chi connectivity index (χ3v) is 4.52. The van der Waals surface area contributed by atoms with Crippen molar-refractivity contribution in [2.45, 2.75) is 6.42 Å². The number of aromatic nitrogens is 2. The normalized spacial score (nSPS) is 11.0. The number of carbonyl (C=O) groups is 1. The van der Waals surface area contributed by atoms with E-state index < -0.39 is 0 Å². The summed E-state index contributed by atoms with van der Waals surface area (Å²) < 4.78 is 7.38. The molecule has 0 aliphatic rings. The van der Waals surface area contributed by atoms with Gasteiger partial charge in [-0.25, -0.2) is 0 Å². The van der Waals surface area contributed by atoms with Crippen LogP contribution in [0.1, 0.15) is 5.56 Å². The molecule has 0 bridgehead atoms. The molecule has 130 valence electrons. The number of benzene rings is 2. The van der Waals surface area contributed by atoms with Gasteiger partial charge in [-0.2, -0.15) is 0 Å². The summed E-state index contributed by atoms with van der Waals surface area (Å²) in [5, 5.41) is 5.01. The first-order chi connectivity index (χ1) is 12.7. The van der Waals surface area contributed by atoms with Crippen LogP contribution in [0, 0.1) is 0 Å². The Morgan fingerprint density at radius 2 is 2.04 bits per heavy atom. The summed E-state index contributed by atoms with van der Waals surface area (Å²) in [6.07, 6.45) is 4.02. The Balaban J connectivity index is 1.65. The number of rotatable bonds is 4. The van der Waals surface area contributed by atoms with Gasteiger partial charge in [-0.1, -0.05) is 24.3 Å². The molecular formula is C21H19N3O2. The smallest absolute Gasteiger partial charge is 0.228 e. The number of hydrogen-bond donors (Lipinski definition) is 1. The second kappa shape index (κ2) is 6.52. The van der Waals surface area contributed by atoms with Crippen LogP contribution in [-0.4, -0.2) is 22.6 Å². The Bertz CT molecular complexity index is 1110. The van der Waals surface area contributed by atoms with Crippen molar-refractivity contribution in [2.75, 3.05) is 12.4 Å². The molecule has 0 saturated heterocycles. The lowest BCUT2D eigenvalue weighted by Crippen LogP contribution is -2.14. The molecule has 1 amide bonds. The van der Waals surface area contributed by atoms with Gasteiger partial charge in [0.25, 0.3) is 0 Å². The molecular weight excluding hydrogens is 326 g/mol. The number of nitrogens with zero attached hydrogens (tertiary/aromatic N) is 2. The molecule has 5 heteroatoms. The van der Waals surface area contributed by atoms with Gasteiger partial charge in [-0.05, 0) is 23.8 Å². The van der Waals surface area contributed by atoms with E-state index in [1.807, 2.05) is 54.2 Å². The van der Waals surface area contributed by atoms with Gasteiger partial charge in [0, 0.05) is 41.8 Å². The van der Waals surface area contributed by atoms with E-state index in [9.17, 15) is 4.79 Å². The predicted molar refractivity (Wildman–Crippen MR) is 104 cm³/mol. The van der Waals surface area contributed by atoms with Gasteiger partial charge in [0.05, 0.1) is 24.7 Å². The van der Waals surface area contributed by atoms with E-state index in [4.69, 9.17) is 4.74 Å². The van der Waals surface area contributed by atoms with Crippen LogP contribution in [0.2, 0.25) is 0 Å². The van der Waals surface area contributed by atoms with Crippen LogP contribution in [0.5, 0.6) is 5.75 Å². The maximum absolute atomic E-state index is 12.7. The van der Waals surface area contributed by atoms with E-state index in [1.54, 1.807) is 19.4 Å². The van der Waals surface area contributed by atoms with E-state index in [1.165, 1.54) is 0 Å². The van der Waals surface area contributed by atoms with Gasteiger partial charge >= 0.3 is 0 Å². The summed E-state index contributed by atoms with van der Waals surface area (Å²) >= 11 is 0. The lowest BCUT2D eigenvalue weighted by Gasteiger charge is -2.10. The number of ether oxygens (including phenoxy) is 1. The zero-order valence-corrected chi connectivity index (χ0v) is 14.7. The molecule has 0 radical (unpaired) electrons. The van der Waals surface area contributed by atoms with Crippen molar-refractivity contribution in [3.05, 3.63) is 66.5 Å². The van der Waals surface area contributed by atoms with E-state index in [2.05, 4.69) is 16.4 Å². The maximum Gasteiger partial charge on any atom is 0.228 e. The molecule has 0 unspecified atom stereocenters. The van der Waals surface area contributed by atoms with E-state index in [0.717, 1.165) is 27.4 Å². The minimum atomic E-state index is -0.0819. The second-order valence-corrected chi connectivity index (χ2v) is 6.26. The molecule has 5 nitrogen and oxygen atoms in total. The highest BCUT2D eigenvalue weighted by Crippen LogP contribution is 2.28. The van der Waals surface area contributed by atoms with Gasteiger partial charge in [-0.3, -0.25) is 9.78 Å². The van der Waals surface area contributed by atoms with Crippen molar-refractivity contribution in [1.29, 1.82) is 0 Å². The van der Waals surface area contributed by atoms with Crippen molar-refractivity contribution in [1.82, 2.24) is 9.55 Å². The largest absolute Gasteiger partial charge is 0.497 e. The number of carbonyl (C=O) groups excluding carboxylic acids is 1. The third kappa shape index (κ3) is 2.88. The van der Waals surface area contributed by atoms with Crippen molar-refractivity contribution < 1.29 is 9.53 Å². The molecule has 26 heavy (non-hydrogen) atoms. The lowest BCUT2D eigenvalue weighted by molar-refractivity contribution is -0.115. The van der Waals surface area contributed by atoms with Gasteiger partial charge in [-0.15, -0.1) is 0 Å². The highest BCUT2D eigenvalue weighted by molar-refractivity contribution is 6.02. The minimum absolute atomic E-state index is 0.0819. The number of fused-ring (bicyclic) bond motifs is 2. The molecule has 0 aliphatic carbocycles. The highest BCUT2D eigenvalue weighted by atomic mass is 16.5. The van der Waals surface area contributed by atoms with Gasteiger partial charge in [0.2, 0.25) is 5.91 Å². The molecule has 1 N–H and O–H groups in total. The molecule has 0 atom stereocenters. The predicted octanol–water partition coefficient (Wildman–Crippen LogP) is 3.92. The fourth-order valence-corrected chi connectivity index (χ4v) is 3.31. The molecule has 2 heterocycles. The summed E-state index contributed by atoms with van der Waals surface area (Å²) in [5.74, 6) is 0.604. The number of pyridine rings is 1. The Morgan fingerprint density at radius 3 is 2.88 bits per heavy atom. The SMILES string of the molecule is COc1cc(NC(=O)Cc2cn(C)c3ccccc23)c2ncccc2c1. The average molecular weight is 345 g/mol. The van der Waals surface area contributed by atoms with Crippen LogP contribution in [-0.2, 0) is 18.3 Å².